The molecular weight excluding hydrogens is 352 g/mol. The van der Waals surface area contributed by atoms with Gasteiger partial charge < -0.3 is 4.52 Å². The Kier molecular flexibility index (Phi) is 5.06. The number of rotatable bonds is 4. The summed E-state index contributed by atoms with van der Waals surface area (Å²) in [6, 6.07) is 10.0. The zero-order valence-electron chi connectivity index (χ0n) is 14.7. The molecule has 0 amide bonds. The Morgan fingerprint density at radius 1 is 0.923 bits per heavy atom. The van der Waals surface area contributed by atoms with Crippen LogP contribution in [0.25, 0.3) is 0 Å². The highest BCUT2D eigenvalue weighted by molar-refractivity contribution is 7.86. The van der Waals surface area contributed by atoms with Gasteiger partial charge in [0.1, 0.15) is 0 Å². The molecule has 2 fully saturated rings. The SMILES string of the molecule is O=S(=O)(N1CCCCCC1)N1C[C@H](c2ncon2)[C@H](c2ccccc2)C1. The zero-order chi connectivity index (χ0) is 18.0. The molecule has 140 valence electrons. The zero-order valence-corrected chi connectivity index (χ0v) is 15.5. The average molecular weight is 376 g/mol. The largest absolute Gasteiger partial charge is 0.343 e. The molecule has 0 N–H and O–H groups in total. The van der Waals surface area contributed by atoms with Crippen LogP contribution in [0.1, 0.15) is 48.9 Å². The Bertz CT molecular complexity index is 802. The maximum absolute atomic E-state index is 13.2. The molecule has 0 radical (unpaired) electrons. The average Bonchev–Trinajstić information content (AvgIpc) is 3.26. The molecule has 4 rings (SSSR count). The van der Waals surface area contributed by atoms with Crippen molar-refractivity contribution in [3.63, 3.8) is 0 Å². The minimum atomic E-state index is -3.47. The lowest BCUT2D eigenvalue weighted by Gasteiger charge is -2.26. The van der Waals surface area contributed by atoms with Crippen LogP contribution in [-0.4, -0.2) is 53.3 Å². The Labute approximate surface area is 154 Å². The molecule has 2 aliphatic heterocycles. The van der Waals surface area contributed by atoms with Crippen molar-refractivity contribution in [1.82, 2.24) is 18.8 Å². The van der Waals surface area contributed by atoms with Gasteiger partial charge in [0.15, 0.2) is 5.82 Å². The molecule has 1 aromatic carbocycles. The van der Waals surface area contributed by atoms with Gasteiger partial charge in [0.25, 0.3) is 10.2 Å². The van der Waals surface area contributed by atoms with Crippen molar-refractivity contribution >= 4 is 10.2 Å². The standard InChI is InChI=1S/C18H24N4O3S/c23-26(24,21-10-6-1-2-7-11-21)22-12-16(15-8-4-3-5-9-15)17(13-22)18-19-14-25-20-18/h3-5,8-9,14,16-17H,1-2,6-7,10-13H2/t16-,17-/m0/s1. The summed E-state index contributed by atoms with van der Waals surface area (Å²) in [5, 5.41) is 4.00. The number of nitrogens with zero attached hydrogens (tertiary/aromatic N) is 4. The molecule has 3 heterocycles. The molecule has 2 aliphatic rings. The van der Waals surface area contributed by atoms with E-state index in [1.807, 2.05) is 30.3 Å². The van der Waals surface area contributed by atoms with Gasteiger partial charge in [0.05, 0.1) is 0 Å². The van der Waals surface area contributed by atoms with Crippen LogP contribution in [0.2, 0.25) is 0 Å². The van der Waals surface area contributed by atoms with E-state index in [-0.39, 0.29) is 11.8 Å². The van der Waals surface area contributed by atoms with E-state index in [1.165, 1.54) is 6.39 Å². The Morgan fingerprint density at radius 3 is 2.27 bits per heavy atom. The number of aromatic nitrogens is 2. The highest BCUT2D eigenvalue weighted by Gasteiger charge is 2.44. The van der Waals surface area contributed by atoms with Crippen LogP contribution < -0.4 is 0 Å². The summed E-state index contributed by atoms with van der Waals surface area (Å²) in [6.07, 6.45) is 5.38. The number of benzene rings is 1. The van der Waals surface area contributed by atoms with Crippen LogP contribution in [-0.2, 0) is 10.2 Å². The molecule has 0 spiro atoms. The highest BCUT2D eigenvalue weighted by Crippen LogP contribution is 2.40. The molecule has 2 aromatic rings. The smallest absolute Gasteiger partial charge is 0.282 e. The van der Waals surface area contributed by atoms with Crippen LogP contribution in [0.5, 0.6) is 0 Å². The van der Waals surface area contributed by atoms with Gasteiger partial charge in [-0.05, 0) is 18.4 Å². The van der Waals surface area contributed by atoms with E-state index in [0.717, 1.165) is 31.2 Å². The third-order valence-electron chi connectivity index (χ3n) is 5.44. The first-order chi connectivity index (χ1) is 12.7. The van der Waals surface area contributed by atoms with Crippen molar-refractivity contribution in [3.8, 4) is 0 Å². The minimum absolute atomic E-state index is 0.0237. The van der Waals surface area contributed by atoms with Crippen LogP contribution in [0, 0.1) is 0 Å². The van der Waals surface area contributed by atoms with Gasteiger partial charge in [-0.3, -0.25) is 0 Å². The summed E-state index contributed by atoms with van der Waals surface area (Å²) in [5.74, 6) is 0.501. The predicted octanol–water partition coefficient (Wildman–Crippen LogP) is 2.37. The fourth-order valence-electron chi connectivity index (χ4n) is 4.03. The lowest BCUT2D eigenvalue weighted by atomic mass is 9.88. The summed E-state index contributed by atoms with van der Waals surface area (Å²) in [6.45, 7) is 2.06. The fourth-order valence-corrected chi connectivity index (χ4v) is 5.78. The molecule has 0 unspecified atom stereocenters. The van der Waals surface area contributed by atoms with E-state index in [9.17, 15) is 8.42 Å². The fraction of sp³-hybridized carbons (Fsp3) is 0.556. The van der Waals surface area contributed by atoms with Crippen molar-refractivity contribution in [3.05, 3.63) is 48.1 Å². The van der Waals surface area contributed by atoms with Crippen LogP contribution in [0.15, 0.2) is 41.2 Å². The molecule has 0 saturated carbocycles. The highest BCUT2D eigenvalue weighted by atomic mass is 32.2. The van der Waals surface area contributed by atoms with Crippen molar-refractivity contribution in [2.45, 2.75) is 37.5 Å². The molecule has 2 saturated heterocycles. The third kappa shape index (κ3) is 3.41. The van der Waals surface area contributed by atoms with Crippen molar-refractivity contribution in [2.75, 3.05) is 26.2 Å². The van der Waals surface area contributed by atoms with Crippen molar-refractivity contribution in [2.24, 2.45) is 0 Å². The second-order valence-electron chi connectivity index (χ2n) is 7.05. The van der Waals surface area contributed by atoms with Gasteiger partial charge in [-0.15, -0.1) is 0 Å². The predicted molar refractivity (Wildman–Crippen MR) is 96.8 cm³/mol. The van der Waals surface area contributed by atoms with Crippen molar-refractivity contribution < 1.29 is 12.9 Å². The normalized spacial score (nSPS) is 26.0. The second-order valence-corrected chi connectivity index (χ2v) is 8.98. The molecule has 0 aliphatic carbocycles. The van der Waals surface area contributed by atoms with E-state index >= 15 is 0 Å². The monoisotopic (exact) mass is 376 g/mol. The Hall–Kier alpha value is -1.77. The van der Waals surface area contributed by atoms with Gasteiger partial charge in [0, 0.05) is 38.0 Å². The minimum Gasteiger partial charge on any atom is -0.343 e. The summed E-state index contributed by atoms with van der Waals surface area (Å²) in [5.41, 5.74) is 1.11. The lowest BCUT2D eigenvalue weighted by molar-refractivity contribution is 0.363. The number of hydrogen-bond acceptors (Lipinski definition) is 5. The maximum atomic E-state index is 13.2. The molecule has 0 bridgehead atoms. The Morgan fingerprint density at radius 2 is 1.62 bits per heavy atom. The van der Waals surface area contributed by atoms with Gasteiger partial charge >= 0.3 is 0 Å². The first-order valence-corrected chi connectivity index (χ1v) is 10.6. The summed E-state index contributed by atoms with van der Waals surface area (Å²) in [4.78, 5) is 4.21. The van der Waals surface area contributed by atoms with Gasteiger partial charge in [-0.2, -0.15) is 22.0 Å². The second kappa shape index (κ2) is 7.46. The van der Waals surface area contributed by atoms with E-state index < -0.39 is 10.2 Å². The van der Waals surface area contributed by atoms with Crippen molar-refractivity contribution in [1.29, 1.82) is 0 Å². The topological polar surface area (TPSA) is 79.5 Å². The van der Waals surface area contributed by atoms with Crippen LogP contribution >= 0.6 is 0 Å². The van der Waals surface area contributed by atoms with E-state index in [4.69, 9.17) is 4.52 Å². The third-order valence-corrected chi connectivity index (χ3v) is 7.41. The molecule has 26 heavy (non-hydrogen) atoms. The summed E-state index contributed by atoms with van der Waals surface area (Å²) >= 11 is 0. The summed E-state index contributed by atoms with van der Waals surface area (Å²) < 4.78 is 34.6. The number of hydrogen-bond donors (Lipinski definition) is 0. The van der Waals surface area contributed by atoms with E-state index in [1.54, 1.807) is 8.61 Å². The van der Waals surface area contributed by atoms with Gasteiger partial charge in [0.2, 0.25) is 6.39 Å². The van der Waals surface area contributed by atoms with E-state index in [2.05, 4.69) is 10.1 Å². The first-order valence-electron chi connectivity index (χ1n) is 9.22. The summed E-state index contributed by atoms with van der Waals surface area (Å²) in [7, 11) is -3.47. The molecule has 2 atom stereocenters. The Balaban J connectivity index is 1.62. The molecule has 7 nitrogen and oxygen atoms in total. The van der Waals surface area contributed by atoms with Crippen LogP contribution in [0.3, 0.4) is 0 Å². The van der Waals surface area contributed by atoms with Gasteiger partial charge in [-0.25, -0.2) is 0 Å². The maximum Gasteiger partial charge on any atom is 0.282 e. The van der Waals surface area contributed by atoms with E-state index in [0.29, 0.717) is 32.0 Å². The molecular formula is C18H24N4O3S. The quantitative estimate of drug-likeness (QED) is 0.818. The lowest BCUT2D eigenvalue weighted by Crippen LogP contribution is -2.43. The molecule has 8 heteroatoms. The van der Waals surface area contributed by atoms with Crippen LogP contribution in [0.4, 0.5) is 0 Å². The molecule has 1 aromatic heterocycles. The van der Waals surface area contributed by atoms with Gasteiger partial charge in [-0.1, -0.05) is 48.3 Å². The first kappa shape index (κ1) is 17.6.